The first-order valence-corrected chi connectivity index (χ1v) is 10.3. The number of amidine groups is 1. The predicted octanol–water partition coefficient (Wildman–Crippen LogP) is 2.46. The Bertz CT molecular complexity index is 1110. The highest BCUT2D eigenvalue weighted by atomic mass is 15.3. The van der Waals surface area contributed by atoms with Crippen LogP contribution in [0.2, 0.25) is 0 Å². The highest BCUT2D eigenvalue weighted by molar-refractivity contribution is 5.98. The maximum Gasteiger partial charge on any atom is 0.166 e. The molecule has 1 aromatic carbocycles. The van der Waals surface area contributed by atoms with E-state index >= 15 is 0 Å². The number of hydrazine groups is 1. The number of pyridine rings is 2. The van der Waals surface area contributed by atoms with E-state index in [1.165, 1.54) is 0 Å². The Morgan fingerprint density at radius 1 is 1.09 bits per heavy atom. The molecule has 1 aliphatic rings. The molecule has 0 bridgehead atoms. The van der Waals surface area contributed by atoms with Gasteiger partial charge in [-0.15, -0.1) is 0 Å². The van der Waals surface area contributed by atoms with Crippen molar-refractivity contribution < 1.29 is 0 Å². The number of anilines is 3. The molecule has 0 unspecified atom stereocenters. The second-order valence-corrected chi connectivity index (χ2v) is 7.45. The van der Waals surface area contributed by atoms with E-state index in [1.54, 1.807) is 6.20 Å². The molecule has 4 rings (SSSR count). The zero-order chi connectivity index (χ0) is 22.5. The number of nitrogens with zero attached hydrogens (tertiary/aromatic N) is 5. The minimum absolute atomic E-state index is 0.413. The maximum absolute atomic E-state index is 5.47. The van der Waals surface area contributed by atoms with E-state index in [1.807, 2.05) is 48.5 Å². The van der Waals surface area contributed by atoms with Crippen molar-refractivity contribution >= 4 is 23.2 Å². The van der Waals surface area contributed by atoms with Gasteiger partial charge in [-0.05, 0) is 30.7 Å². The lowest BCUT2D eigenvalue weighted by Crippen LogP contribution is -2.31. The molecule has 1 aliphatic heterocycles. The molecule has 0 aliphatic carbocycles. The molecule has 9 heteroatoms. The number of hydrazone groups is 1. The van der Waals surface area contributed by atoms with Gasteiger partial charge in [-0.3, -0.25) is 0 Å². The van der Waals surface area contributed by atoms with Gasteiger partial charge < -0.3 is 26.4 Å². The highest BCUT2D eigenvalue weighted by Crippen LogP contribution is 2.34. The number of nitrogens with one attached hydrogen (secondary N) is 2. The van der Waals surface area contributed by atoms with Crippen LogP contribution in [-0.4, -0.2) is 35.9 Å². The van der Waals surface area contributed by atoms with Gasteiger partial charge in [-0.25, -0.2) is 15.8 Å². The third-order valence-corrected chi connectivity index (χ3v) is 5.38. The summed E-state index contributed by atoms with van der Waals surface area (Å²) in [5.41, 5.74) is 6.17. The molecule has 0 amide bonds. The van der Waals surface area contributed by atoms with Gasteiger partial charge in [0.25, 0.3) is 0 Å². The summed E-state index contributed by atoms with van der Waals surface area (Å²) in [7, 11) is 2.08. The third kappa shape index (κ3) is 4.33. The van der Waals surface area contributed by atoms with Crippen molar-refractivity contribution in [2.45, 2.75) is 6.42 Å². The Morgan fingerprint density at radius 2 is 1.91 bits per heavy atom. The number of hydrogen-bond donors (Lipinski definition) is 4. The lowest BCUT2D eigenvalue weighted by Gasteiger charge is -2.27. The average molecular weight is 430 g/mol. The van der Waals surface area contributed by atoms with Crippen molar-refractivity contribution in [1.29, 1.82) is 0 Å². The monoisotopic (exact) mass is 429 g/mol. The van der Waals surface area contributed by atoms with E-state index in [0.29, 0.717) is 5.84 Å². The molecule has 2 aromatic heterocycles. The van der Waals surface area contributed by atoms with Crippen molar-refractivity contribution in [3.63, 3.8) is 0 Å². The first-order chi connectivity index (χ1) is 15.6. The summed E-state index contributed by atoms with van der Waals surface area (Å²) in [5.74, 6) is 13.6. The molecule has 0 atom stereocenters. The first-order valence-electron chi connectivity index (χ1n) is 10.3. The van der Waals surface area contributed by atoms with Crippen LogP contribution in [0.3, 0.4) is 0 Å². The third-order valence-electron chi connectivity index (χ3n) is 5.38. The summed E-state index contributed by atoms with van der Waals surface area (Å²) in [4.78, 5) is 13.7. The largest absolute Gasteiger partial charge is 0.372 e. The molecule has 0 fully saturated rings. The van der Waals surface area contributed by atoms with Crippen molar-refractivity contribution in [1.82, 2.24) is 15.4 Å². The summed E-state index contributed by atoms with van der Waals surface area (Å²) in [5, 5.41) is 6.96. The van der Waals surface area contributed by atoms with Crippen LogP contribution in [0.4, 0.5) is 17.3 Å². The van der Waals surface area contributed by atoms with Crippen LogP contribution in [0.1, 0.15) is 12.0 Å². The van der Waals surface area contributed by atoms with E-state index in [9.17, 15) is 0 Å². The Kier molecular flexibility index (Phi) is 6.18. The van der Waals surface area contributed by atoms with Gasteiger partial charge in [-0.2, -0.15) is 5.10 Å². The van der Waals surface area contributed by atoms with Gasteiger partial charge in [0.2, 0.25) is 0 Å². The fourth-order valence-corrected chi connectivity index (χ4v) is 3.70. The van der Waals surface area contributed by atoms with Gasteiger partial charge in [0.05, 0.1) is 11.4 Å². The number of nitrogens with two attached hydrogens (primary N) is 2. The Hall–Kier alpha value is -4.11. The van der Waals surface area contributed by atoms with E-state index in [0.717, 1.165) is 59.5 Å². The van der Waals surface area contributed by atoms with Gasteiger partial charge in [0.15, 0.2) is 11.7 Å². The molecule has 164 valence electrons. The normalized spacial score (nSPS) is 13.9. The molecule has 6 N–H and O–H groups in total. The van der Waals surface area contributed by atoms with Crippen LogP contribution in [0.15, 0.2) is 78.3 Å². The number of benzene rings is 1. The topological polar surface area (TPSA) is 121 Å². The fraction of sp³-hybridized carbons (Fsp3) is 0.174. The average Bonchev–Trinajstić information content (AvgIpc) is 2.99. The standard InChI is InChI=1S/C23H27N9/c1-16(27-21-6-3-4-13-26-21)32-15-5-14-31(2)20-12-11-19(28-23(20)32)17-7-9-18(10-8-17)22(29-24)30-25/h3-4,6-13H,1,5,14-15,24-25H2,2H3,(H,26,27)(H,29,30). The smallest absolute Gasteiger partial charge is 0.166 e. The number of hydrogen-bond acceptors (Lipinski definition) is 8. The summed E-state index contributed by atoms with van der Waals surface area (Å²) >= 11 is 0. The van der Waals surface area contributed by atoms with Gasteiger partial charge in [0.1, 0.15) is 11.6 Å². The molecule has 32 heavy (non-hydrogen) atoms. The van der Waals surface area contributed by atoms with Gasteiger partial charge >= 0.3 is 0 Å². The summed E-state index contributed by atoms with van der Waals surface area (Å²) in [6.45, 7) is 5.99. The lowest BCUT2D eigenvalue weighted by molar-refractivity contribution is 0.789. The predicted molar refractivity (Wildman–Crippen MR) is 130 cm³/mol. The van der Waals surface area contributed by atoms with Crippen molar-refractivity contribution in [3.8, 4) is 11.3 Å². The Morgan fingerprint density at radius 3 is 2.59 bits per heavy atom. The molecule has 0 radical (unpaired) electrons. The van der Waals surface area contributed by atoms with Crippen molar-refractivity contribution in [3.05, 3.63) is 78.8 Å². The summed E-state index contributed by atoms with van der Waals surface area (Å²) in [6.07, 6.45) is 2.73. The molecule has 3 heterocycles. The van der Waals surface area contributed by atoms with Crippen LogP contribution in [0, 0.1) is 0 Å². The van der Waals surface area contributed by atoms with E-state index < -0.39 is 0 Å². The van der Waals surface area contributed by atoms with Crippen LogP contribution < -0.4 is 32.2 Å². The second-order valence-electron chi connectivity index (χ2n) is 7.45. The molecule has 3 aromatic rings. The first kappa shape index (κ1) is 21.1. The molecular weight excluding hydrogens is 402 g/mol. The SMILES string of the molecule is C=C(Nc1ccccn1)N1CCCN(C)c2ccc(-c3ccc(/C(=N/N)NN)cc3)nc21. The molecular formula is C23H27N9. The minimum Gasteiger partial charge on any atom is -0.372 e. The highest BCUT2D eigenvalue weighted by Gasteiger charge is 2.23. The molecule has 0 saturated carbocycles. The van der Waals surface area contributed by atoms with Crippen molar-refractivity contribution in [2.75, 3.05) is 35.3 Å². The van der Waals surface area contributed by atoms with Crippen LogP contribution in [0.5, 0.6) is 0 Å². The van der Waals surface area contributed by atoms with Crippen LogP contribution in [0.25, 0.3) is 11.3 Å². The summed E-state index contributed by atoms with van der Waals surface area (Å²) in [6, 6.07) is 17.6. The quantitative estimate of drug-likeness (QED) is 0.211. The number of rotatable bonds is 5. The number of fused-ring (bicyclic) bond motifs is 1. The maximum atomic E-state index is 5.47. The Balaban J connectivity index is 1.68. The summed E-state index contributed by atoms with van der Waals surface area (Å²) < 4.78 is 0. The lowest BCUT2D eigenvalue weighted by atomic mass is 10.1. The van der Waals surface area contributed by atoms with Crippen LogP contribution in [-0.2, 0) is 0 Å². The minimum atomic E-state index is 0.413. The van der Waals surface area contributed by atoms with E-state index in [2.05, 4.69) is 50.3 Å². The molecule has 0 saturated heterocycles. The zero-order valence-corrected chi connectivity index (χ0v) is 18.0. The van der Waals surface area contributed by atoms with Crippen LogP contribution >= 0.6 is 0 Å². The number of aromatic nitrogens is 2. The second kappa shape index (κ2) is 9.36. The fourth-order valence-electron chi connectivity index (χ4n) is 3.70. The molecule has 0 spiro atoms. The van der Waals surface area contributed by atoms with Gasteiger partial charge in [0, 0.05) is 37.5 Å². The van der Waals surface area contributed by atoms with E-state index in [4.69, 9.17) is 16.7 Å². The van der Waals surface area contributed by atoms with E-state index in [-0.39, 0.29) is 0 Å². The van der Waals surface area contributed by atoms with Gasteiger partial charge in [-0.1, -0.05) is 36.9 Å². The van der Waals surface area contributed by atoms with Crippen molar-refractivity contribution in [2.24, 2.45) is 16.8 Å². The molecule has 9 nitrogen and oxygen atoms in total. The Labute approximate surface area is 187 Å². The zero-order valence-electron chi connectivity index (χ0n) is 18.0.